The van der Waals surface area contributed by atoms with Gasteiger partial charge in [-0.3, -0.25) is 14.5 Å². The number of hydrogen-bond donors (Lipinski definition) is 1. The number of carbonyl (C=O) groups excluding carboxylic acids is 2. The van der Waals surface area contributed by atoms with Gasteiger partial charge in [-0.1, -0.05) is 28.1 Å². The molecular weight excluding hydrogens is 332 g/mol. The standard InChI is InChI=1S/C16H15BrN2O2/c17-11-3-5-12(6-4-11)18-8-19-15(20)13-9-1-2-10(7-9)14(13)16(19)21/h1-6,9-10,13-14,18H,7-8H2/t9-,10-,13-,14+/m0/s1. The number of hydrogen-bond acceptors (Lipinski definition) is 3. The van der Waals surface area contributed by atoms with Crippen molar-refractivity contribution in [2.75, 3.05) is 12.0 Å². The van der Waals surface area contributed by atoms with Crippen molar-refractivity contribution in [3.63, 3.8) is 0 Å². The summed E-state index contributed by atoms with van der Waals surface area (Å²) < 4.78 is 0.999. The molecule has 2 aliphatic carbocycles. The van der Waals surface area contributed by atoms with Crippen LogP contribution in [0.25, 0.3) is 0 Å². The molecule has 1 saturated heterocycles. The van der Waals surface area contributed by atoms with Crippen LogP contribution in [0.4, 0.5) is 5.69 Å². The fourth-order valence-electron chi connectivity index (χ4n) is 3.86. The van der Waals surface area contributed by atoms with E-state index in [0.717, 1.165) is 16.6 Å². The lowest BCUT2D eigenvalue weighted by Gasteiger charge is -2.18. The van der Waals surface area contributed by atoms with Crippen molar-refractivity contribution in [1.29, 1.82) is 0 Å². The molecule has 1 N–H and O–H groups in total. The van der Waals surface area contributed by atoms with E-state index >= 15 is 0 Å². The Hall–Kier alpha value is -1.62. The van der Waals surface area contributed by atoms with Crippen molar-refractivity contribution >= 4 is 33.4 Å². The van der Waals surface area contributed by atoms with Gasteiger partial charge in [-0.25, -0.2) is 0 Å². The third-order valence-electron chi connectivity index (χ3n) is 4.85. The van der Waals surface area contributed by atoms with Crippen LogP contribution in [-0.4, -0.2) is 23.4 Å². The summed E-state index contributed by atoms with van der Waals surface area (Å²) in [5.41, 5.74) is 0.900. The molecule has 4 nitrogen and oxygen atoms in total. The van der Waals surface area contributed by atoms with Gasteiger partial charge >= 0.3 is 0 Å². The molecule has 5 heteroatoms. The van der Waals surface area contributed by atoms with Crippen molar-refractivity contribution in [3.05, 3.63) is 40.9 Å². The second-order valence-electron chi connectivity index (χ2n) is 5.95. The van der Waals surface area contributed by atoms with Gasteiger partial charge in [0.05, 0.1) is 18.5 Å². The molecule has 3 aliphatic rings. The maximum Gasteiger partial charge on any atom is 0.235 e. The summed E-state index contributed by atoms with van der Waals surface area (Å²) in [5, 5.41) is 3.16. The molecule has 1 aromatic rings. The van der Waals surface area contributed by atoms with Crippen LogP contribution in [0.3, 0.4) is 0 Å². The number of nitrogens with zero attached hydrogens (tertiary/aromatic N) is 1. The van der Waals surface area contributed by atoms with Gasteiger partial charge < -0.3 is 5.32 Å². The van der Waals surface area contributed by atoms with Gasteiger partial charge in [-0.05, 0) is 42.5 Å². The summed E-state index contributed by atoms with van der Waals surface area (Å²) in [6.07, 6.45) is 5.20. The Balaban J connectivity index is 1.48. The van der Waals surface area contributed by atoms with Crippen LogP contribution in [0.2, 0.25) is 0 Å². The lowest BCUT2D eigenvalue weighted by molar-refractivity contribution is -0.140. The van der Waals surface area contributed by atoms with Gasteiger partial charge in [0.15, 0.2) is 0 Å². The van der Waals surface area contributed by atoms with Crippen molar-refractivity contribution in [3.8, 4) is 0 Å². The van der Waals surface area contributed by atoms with E-state index in [-0.39, 0.29) is 42.2 Å². The molecule has 4 atom stereocenters. The minimum atomic E-state index is -0.112. The van der Waals surface area contributed by atoms with Crippen molar-refractivity contribution in [1.82, 2.24) is 4.90 Å². The Bertz CT molecular complexity index is 610. The summed E-state index contributed by atoms with van der Waals surface area (Å²) in [4.78, 5) is 26.4. The number of anilines is 1. The van der Waals surface area contributed by atoms with E-state index < -0.39 is 0 Å². The van der Waals surface area contributed by atoms with Crippen LogP contribution in [-0.2, 0) is 9.59 Å². The monoisotopic (exact) mass is 346 g/mol. The number of imide groups is 1. The van der Waals surface area contributed by atoms with Gasteiger partial charge in [0.25, 0.3) is 0 Å². The van der Waals surface area contributed by atoms with E-state index in [1.165, 1.54) is 4.90 Å². The molecule has 1 aromatic carbocycles. The number of halogens is 1. The predicted molar refractivity (Wildman–Crippen MR) is 82.2 cm³/mol. The van der Waals surface area contributed by atoms with Gasteiger partial charge in [0.2, 0.25) is 11.8 Å². The molecule has 2 bridgehead atoms. The van der Waals surface area contributed by atoms with Crippen LogP contribution in [0, 0.1) is 23.7 Å². The summed E-state index contributed by atoms with van der Waals surface area (Å²) >= 11 is 3.38. The van der Waals surface area contributed by atoms with E-state index in [2.05, 4.69) is 33.4 Å². The molecule has 1 aliphatic heterocycles. The molecule has 0 unspecified atom stereocenters. The second kappa shape index (κ2) is 4.70. The fourth-order valence-corrected chi connectivity index (χ4v) is 4.12. The molecule has 2 fully saturated rings. The van der Waals surface area contributed by atoms with Crippen LogP contribution in [0.5, 0.6) is 0 Å². The van der Waals surface area contributed by atoms with Crippen LogP contribution < -0.4 is 5.32 Å². The first-order valence-electron chi connectivity index (χ1n) is 7.18. The normalized spacial score (nSPS) is 32.9. The zero-order chi connectivity index (χ0) is 14.6. The Morgan fingerprint density at radius 2 is 1.62 bits per heavy atom. The molecule has 1 heterocycles. The average molecular weight is 347 g/mol. The lowest BCUT2D eigenvalue weighted by Crippen LogP contribution is -2.37. The molecule has 108 valence electrons. The Morgan fingerprint density at radius 1 is 1.05 bits per heavy atom. The largest absolute Gasteiger partial charge is 0.367 e. The van der Waals surface area contributed by atoms with Gasteiger partial charge in [-0.2, -0.15) is 0 Å². The van der Waals surface area contributed by atoms with Crippen LogP contribution in [0.1, 0.15) is 6.42 Å². The first kappa shape index (κ1) is 13.1. The average Bonchev–Trinajstić information content (AvgIpc) is 3.14. The molecule has 21 heavy (non-hydrogen) atoms. The summed E-state index contributed by atoms with van der Waals surface area (Å²) in [7, 11) is 0. The fraction of sp³-hybridized carbons (Fsp3) is 0.375. The first-order valence-corrected chi connectivity index (χ1v) is 7.97. The highest BCUT2D eigenvalue weighted by Gasteiger charge is 2.59. The number of nitrogens with one attached hydrogen (secondary N) is 1. The lowest BCUT2D eigenvalue weighted by atomic mass is 9.85. The zero-order valence-electron chi connectivity index (χ0n) is 11.3. The predicted octanol–water partition coefficient (Wildman–Crippen LogP) is 2.63. The number of fused-ring (bicyclic) bond motifs is 5. The van der Waals surface area contributed by atoms with Gasteiger partial charge in [0, 0.05) is 10.2 Å². The van der Waals surface area contributed by atoms with Crippen molar-refractivity contribution in [2.45, 2.75) is 6.42 Å². The quantitative estimate of drug-likeness (QED) is 0.676. The number of amides is 2. The van der Waals surface area contributed by atoms with E-state index in [1.54, 1.807) is 0 Å². The third kappa shape index (κ3) is 1.94. The van der Waals surface area contributed by atoms with Crippen molar-refractivity contribution in [2.24, 2.45) is 23.7 Å². The number of likely N-dealkylation sites (tertiary alicyclic amines) is 1. The van der Waals surface area contributed by atoms with Gasteiger partial charge in [-0.15, -0.1) is 0 Å². The molecule has 0 aromatic heterocycles. The maximum atomic E-state index is 12.5. The van der Waals surface area contributed by atoms with E-state index in [9.17, 15) is 9.59 Å². The van der Waals surface area contributed by atoms with Crippen molar-refractivity contribution < 1.29 is 9.59 Å². The molecule has 4 rings (SSSR count). The number of allylic oxidation sites excluding steroid dienone is 2. The zero-order valence-corrected chi connectivity index (χ0v) is 12.9. The number of benzene rings is 1. The highest BCUT2D eigenvalue weighted by atomic mass is 79.9. The maximum absolute atomic E-state index is 12.5. The minimum absolute atomic E-state index is 0.00791. The number of rotatable bonds is 3. The summed E-state index contributed by atoms with van der Waals surface area (Å²) in [5.74, 6) is 0.305. The molecule has 0 radical (unpaired) electrons. The smallest absolute Gasteiger partial charge is 0.235 e. The second-order valence-corrected chi connectivity index (χ2v) is 6.86. The Labute approximate surface area is 131 Å². The third-order valence-corrected chi connectivity index (χ3v) is 5.38. The Kier molecular flexibility index (Phi) is 2.92. The highest BCUT2D eigenvalue weighted by molar-refractivity contribution is 9.10. The Morgan fingerprint density at radius 3 is 2.19 bits per heavy atom. The minimum Gasteiger partial charge on any atom is -0.367 e. The van der Waals surface area contributed by atoms with Gasteiger partial charge in [0.1, 0.15) is 0 Å². The topological polar surface area (TPSA) is 49.4 Å². The molecule has 2 amide bonds. The van der Waals surface area contributed by atoms with E-state index in [0.29, 0.717) is 0 Å². The number of carbonyl (C=O) groups is 2. The van der Waals surface area contributed by atoms with Crippen LogP contribution >= 0.6 is 15.9 Å². The SMILES string of the molecule is O=C1[C@@H]2[C@H](C(=O)N1CNc1ccc(Br)cc1)[C@H]1C=C[C@H]2C1. The molecule has 1 saturated carbocycles. The summed E-state index contributed by atoms with van der Waals surface area (Å²) in [6, 6.07) is 7.69. The van der Waals surface area contributed by atoms with E-state index in [4.69, 9.17) is 0 Å². The summed E-state index contributed by atoms with van der Waals surface area (Å²) in [6.45, 7) is 0.256. The molecular formula is C16H15BrN2O2. The highest BCUT2D eigenvalue weighted by Crippen LogP contribution is 2.52. The first-order chi connectivity index (χ1) is 10.1. The molecule has 0 spiro atoms. The van der Waals surface area contributed by atoms with E-state index in [1.807, 2.05) is 24.3 Å². The van der Waals surface area contributed by atoms with Crippen LogP contribution in [0.15, 0.2) is 40.9 Å².